The molecule has 0 aliphatic rings. The first-order valence-corrected chi connectivity index (χ1v) is 7.14. The average Bonchev–Trinajstić information content (AvgIpc) is 2.87. The summed E-state index contributed by atoms with van der Waals surface area (Å²) in [5.41, 5.74) is 3.20. The predicted molar refractivity (Wildman–Crippen MR) is 85.1 cm³/mol. The number of carbonyl (C=O) groups excluding carboxylic acids is 1. The lowest BCUT2D eigenvalue weighted by Gasteiger charge is -2.06. The number of aryl methyl sites for hydroxylation is 1. The van der Waals surface area contributed by atoms with E-state index < -0.39 is 0 Å². The minimum Gasteiger partial charge on any atom is -0.322 e. The van der Waals surface area contributed by atoms with Gasteiger partial charge >= 0.3 is 5.69 Å². The summed E-state index contributed by atoms with van der Waals surface area (Å²) in [5.74, 6) is -0.197. The molecule has 6 nitrogen and oxygen atoms in total. The molecule has 0 saturated carbocycles. The molecule has 2 heterocycles. The molecule has 0 saturated heterocycles. The zero-order valence-electron chi connectivity index (χ0n) is 12.1. The number of aromatic amines is 2. The van der Waals surface area contributed by atoms with Crippen LogP contribution in [-0.2, 0) is 6.42 Å². The number of H-pyrrole nitrogens is 2. The highest BCUT2D eigenvalue weighted by molar-refractivity contribution is 6.04. The first kappa shape index (κ1) is 14.1. The summed E-state index contributed by atoms with van der Waals surface area (Å²) in [6.45, 7) is 2.07. The molecule has 3 rings (SSSR count). The maximum absolute atomic E-state index is 12.3. The molecule has 22 heavy (non-hydrogen) atoms. The maximum atomic E-state index is 12.3. The molecule has 0 aliphatic carbocycles. The molecule has 112 valence electrons. The fourth-order valence-electron chi connectivity index (χ4n) is 2.33. The van der Waals surface area contributed by atoms with Crippen LogP contribution in [0, 0.1) is 0 Å². The number of anilines is 1. The Morgan fingerprint density at radius 2 is 2.00 bits per heavy atom. The third-order valence-electron chi connectivity index (χ3n) is 3.36. The first-order valence-electron chi connectivity index (χ1n) is 7.14. The largest absolute Gasteiger partial charge is 0.323 e. The molecule has 0 spiro atoms. The van der Waals surface area contributed by atoms with Gasteiger partial charge in [-0.1, -0.05) is 13.3 Å². The van der Waals surface area contributed by atoms with E-state index in [1.165, 1.54) is 0 Å². The van der Waals surface area contributed by atoms with E-state index in [9.17, 15) is 9.59 Å². The monoisotopic (exact) mass is 296 g/mol. The van der Waals surface area contributed by atoms with Gasteiger partial charge in [-0.2, -0.15) is 0 Å². The molecule has 0 fully saturated rings. The zero-order valence-corrected chi connectivity index (χ0v) is 12.1. The van der Waals surface area contributed by atoms with Gasteiger partial charge < -0.3 is 15.3 Å². The van der Waals surface area contributed by atoms with E-state index in [-0.39, 0.29) is 11.6 Å². The van der Waals surface area contributed by atoms with Crippen molar-refractivity contribution >= 4 is 22.6 Å². The van der Waals surface area contributed by atoms with Gasteiger partial charge in [0.2, 0.25) is 0 Å². The summed E-state index contributed by atoms with van der Waals surface area (Å²) in [4.78, 5) is 33.1. The van der Waals surface area contributed by atoms with Crippen LogP contribution in [0.1, 0.15) is 29.4 Å². The Labute approximate surface area is 126 Å². The van der Waals surface area contributed by atoms with Gasteiger partial charge in [-0.15, -0.1) is 0 Å². The third kappa shape index (κ3) is 2.90. The van der Waals surface area contributed by atoms with Crippen LogP contribution in [0.25, 0.3) is 11.0 Å². The predicted octanol–water partition coefficient (Wildman–Crippen LogP) is 2.46. The number of amides is 1. The van der Waals surface area contributed by atoms with Gasteiger partial charge in [0, 0.05) is 23.1 Å². The fourth-order valence-corrected chi connectivity index (χ4v) is 2.33. The topological polar surface area (TPSA) is 90.6 Å². The zero-order chi connectivity index (χ0) is 15.5. The molecule has 0 unspecified atom stereocenters. The molecule has 0 atom stereocenters. The standard InChI is InChI=1S/C16H16N4O2/c1-2-3-11-8-10(6-7-17-11)15(21)18-12-4-5-13-14(9-12)20-16(22)19-13/h4-9H,2-3H2,1H3,(H,18,21)(H2,19,20,22). The number of benzene rings is 1. The number of carbonyl (C=O) groups is 1. The van der Waals surface area contributed by atoms with Crippen LogP contribution in [-0.4, -0.2) is 20.9 Å². The second-order valence-corrected chi connectivity index (χ2v) is 5.08. The van der Waals surface area contributed by atoms with E-state index in [4.69, 9.17) is 0 Å². The summed E-state index contributed by atoms with van der Waals surface area (Å²) in [6.07, 6.45) is 3.47. The van der Waals surface area contributed by atoms with Crippen molar-refractivity contribution in [3.05, 3.63) is 58.3 Å². The average molecular weight is 296 g/mol. The van der Waals surface area contributed by atoms with Crippen LogP contribution in [0.3, 0.4) is 0 Å². The fraction of sp³-hybridized carbons (Fsp3) is 0.188. The van der Waals surface area contributed by atoms with Gasteiger partial charge in [0.25, 0.3) is 5.91 Å². The van der Waals surface area contributed by atoms with E-state index >= 15 is 0 Å². The maximum Gasteiger partial charge on any atom is 0.323 e. The molecule has 1 amide bonds. The van der Waals surface area contributed by atoms with E-state index in [0.29, 0.717) is 22.3 Å². The molecule has 3 aromatic rings. The lowest BCUT2D eigenvalue weighted by Crippen LogP contribution is -2.12. The minimum atomic E-state index is -0.267. The number of fused-ring (bicyclic) bond motifs is 1. The molecule has 2 aromatic heterocycles. The summed E-state index contributed by atoms with van der Waals surface area (Å²) in [7, 11) is 0. The molecular formula is C16H16N4O2. The van der Waals surface area contributed by atoms with Crippen LogP contribution >= 0.6 is 0 Å². The summed E-state index contributed by atoms with van der Waals surface area (Å²) in [5, 5.41) is 2.83. The normalized spacial score (nSPS) is 10.8. The van der Waals surface area contributed by atoms with E-state index in [0.717, 1.165) is 18.5 Å². The van der Waals surface area contributed by atoms with Gasteiger partial charge in [0.1, 0.15) is 0 Å². The highest BCUT2D eigenvalue weighted by Crippen LogP contribution is 2.16. The van der Waals surface area contributed by atoms with Crippen LogP contribution in [0.4, 0.5) is 5.69 Å². The SMILES string of the molecule is CCCc1cc(C(=O)Nc2ccc3[nH]c(=O)[nH]c3c2)ccn1. The Kier molecular flexibility index (Phi) is 3.74. The molecule has 0 radical (unpaired) electrons. The minimum absolute atomic E-state index is 0.197. The molecule has 1 aromatic carbocycles. The van der Waals surface area contributed by atoms with Crippen molar-refractivity contribution in [2.24, 2.45) is 0 Å². The van der Waals surface area contributed by atoms with Gasteiger partial charge in [0.05, 0.1) is 11.0 Å². The van der Waals surface area contributed by atoms with Crippen LogP contribution in [0.15, 0.2) is 41.3 Å². The van der Waals surface area contributed by atoms with Crippen LogP contribution < -0.4 is 11.0 Å². The van der Waals surface area contributed by atoms with Gasteiger partial charge in [-0.05, 0) is 36.8 Å². The first-order chi connectivity index (χ1) is 10.7. The molecule has 0 aliphatic heterocycles. The highest BCUT2D eigenvalue weighted by Gasteiger charge is 2.08. The van der Waals surface area contributed by atoms with E-state index in [2.05, 4.69) is 27.2 Å². The Morgan fingerprint density at radius 3 is 2.82 bits per heavy atom. The number of rotatable bonds is 4. The van der Waals surface area contributed by atoms with Crippen molar-refractivity contribution in [2.45, 2.75) is 19.8 Å². The molecule has 6 heteroatoms. The third-order valence-corrected chi connectivity index (χ3v) is 3.36. The van der Waals surface area contributed by atoms with Crippen molar-refractivity contribution in [3.8, 4) is 0 Å². The number of imidazole rings is 1. The van der Waals surface area contributed by atoms with E-state index in [1.54, 1.807) is 36.5 Å². The number of hydrogen-bond donors (Lipinski definition) is 3. The van der Waals surface area contributed by atoms with Crippen molar-refractivity contribution in [1.29, 1.82) is 0 Å². The Balaban J connectivity index is 1.82. The van der Waals surface area contributed by atoms with Crippen LogP contribution in [0.2, 0.25) is 0 Å². The van der Waals surface area contributed by atoms with Crippen molar-refractivity contribution in [1.82, 2.24) is 15.0 Å². The van der Waals surface area contributed by atoms with Crippen molar-refractivity contribution in [2.75, 3.05) is 5.32 Å². The lowest BCUT2D eigenvalue weighted by atomic mass is 10.1. The van der Waals surface area contributed by atoms with E-state index in [1.807, 2.05) is 0 Å². The Hall–Kier alpha value is -2.89. The number of aromatic nitrogens is 3. The van der Waals surface area contributed by atoms with Gasteiger partial charge in [0.15, 0.2) is 0 Å². The second kappa shape index (κ2) is 5.85. The summed E-state index contributed by atoms with van der Waals surface area (Å²) >= 11 is 0. The quantitative estimate of drug-likeness (QED) is 0.690. The van der Waals surface area contributed by atoms with Crippen molar-refractivity contribution < 1.29 is 4.79 Å². The molecule has 0 bridgehead atoms. The highest BCUT2D eigenvalue weighted by atomic mass is 16.2. The Bertz CT molecular complexity index is 879. The number of nitrogens with zero attached hydrogens (tertiary/aromatic N) is 1. The van der Waals surface area contributed by atoms with Crippen LogP contribution in [0.5, 0.6) is 0 Å². The summed E-state index contributed by atoms with van der Waals surface area (Å²) in [6, 6.07) is 8.70. The molecular weight excluding hydrogens is 280 g/mol. The summed E-state index contributed by atoms with van der Waals surface area (Å²) < 4.78 is 0. The van der Waals surface area contributed by atoms with Gasteiger partial charge in [-0.3, -0.25) is 9.78 Å². The second-order valence-electron chi connectivity index (χ2n) is 5.08. The number of pyridine rings is 1. The number of nitrogens with one attached hydrogen (secondary N) is 3. The Morgan fingerprint density at radius 1 is 1.18 bits per heavy atom. The lowest BCUT2D eigenvalue weighted by molar-refractivity contribution is 0.102. The van der Waals surface area contributed by atoms with Crippen molar-refractivity contribution in [3.63, 3.8) is 0 Å². The number of hydrogen-bond acceptors (Lipinski definition) is 3. The van der Waals surface area contributed by atoms with Gasteiger partial charge in [-0.25, -0.2) is 4.79 Å². The smallest absolute Gasteiger partial charge is 0.322 e. The molecule has 3 N–H and O–H groups in total.